The number of hydrogen-bond donors (Lipinski definition) is 0. The van der Waals surface area contributed by atoms with E-state index in [2.05, 4.69) is 26.2 Å². The van der Waals surface area contributed by atoms with E-state index < -0.39 is 19.8 Å². The molecule has 0 fully saturated rings. The maximum Gasteiger partial charge on any atom is 0.264 e. The maximum atomic E-state index is 13.7. The summed E-state index contributed by atoms with van der Waals surface area (Å²) < 4.78 is 43.1. The van der Waals surface area contributed by atoms with Crippen molar-refractivity contribution in [3.05, 3.63) is 34.3 Å². The smallest absolute Gasteiger partial charge is 0.264 e. The Hall–Kier alpha value is -1.19. The third kappa shape index (κ3) is 3.47. The van der Waals surface area contributed by atoms with Crippen LogP contribution in [0.1, 0.15) is 5.69 Å². The van der Waals surface area contributed by atoms with E-state index in [4.69, 9.17) is 15.4 Å². The zero-order valence-electron chi connectivity index (χ0n) is 10.0. The van der Waals surface area contributed by atoms with Crippen LogP contribution in [0.5, 0.6) is 5.75 Å². The molecule has 0 amide bonds. The lowest BCUT2D eigenvalue weighted by molar-refractivity contribution is 0.297. The lowest BCUT2D eigenvalue weighted by atomic mass is 10.3. The predicted molar refractivity (Wildman–Crippen MR) is 72.5 cm³/mol. The first-order valence-corrected chi connectivity index (χ1v) is 8.29. The van der Waals surface area contributed by atoms with E-state index in [1.807, 2.05) is 0 Å². The fourth-order valence-electron chi connectivity index (χ4n) is 1.42. The van der Waals surface area contributed by atoms with Crippen molar-refractivity contribution in [3.8, 4) is 5.75 Å². The molecule has 0 aliphatic carbocycles. The van der Waals surface area contributed by atoms with Crippen LogP contribution in [0, 0.1) is 5.82 Å². The summed E-state index contributed by atoms with van der Waals surface area (Å²) in [5.41, 5.74) is 0.550. The van der Waals surface area contributed by atoms with Crippen LogP contribution < -0.4 is 4.74 Å². The molecular formula is C10H8BrClFN3O3S. The number of benzene rings is 1. The molecule has 0 saturated carbocycles. The molecule has 0 aliphatic heterocycles. The molecule has 2 aromatic rings. The lowest BCUT2D eigenvalue weighted by Gasteiger charge is -2.08. The van der Waals surface area contributed by atoms with Crippen molar-refractivity contribution in [2.45, 2.75) is 11.5 Å². The third-order valence-corrected chi connectivity index (χ3v) is 4.23. The molecule has 108 valence electrons. The fourth-order valence-corrected chi connectivity index (χ4v) is 2.94. The van der Waals surface area contributed by atoms with E-state index in [0.29, 0.717) is 5.69 Å². The van der Waals surface area contributed by atoms with Gasteiger partial charge in [0.05, 0.1) is 10.7 Å². The summed E-state index contributed by atoms with van der Waals surface area (Å²) in [5, 5.41) is 7.52. The van der Waals surface area contributed by atoms with Crippen LogP contribution in [-0.2, 0) is 22.7 Å². The zero-order chi connectivity index (χ0) is 14.9. The SMILES string of the molecule is Cn1cc(COc2cc(F)c(S(=O)(=O)Cl)cc2Br)nn1. The number of ether oxygens (including phenoxy) is 1. The van der Waals surface area contributed by atoms with Gasteiger partial charge in [-0.15, -0.1) is 5.10 Å². The molecular weight excluding hydrogens is 377 g/mol. The van der Waals surface area contributed by atoms with E-state index in [9.17, 15) is 12.8 Å². The second kappa shape index (κ2) is 5.66. The molecule has 0 saturated heterocycles. The summed E-state index contributed by atoms with van der Waals surface area (Å²) in [6, 6.07) is 1.99. The molecule has 1 aromatic heterocycles. The predicted octanol–water partition coefficient (Wildman–Crippen LogP) is 2.22. The molecule has 0 bridgehead atoms. The fraction of sp³-hybridized carbons (Fsp3) is 0.200. The van der Waals surface area contributed by atoms with Crippen molar-refractivity contribution in [3.63, 3.8) is 0 Å². The van der Waals surface area contributed by atoms with Crippen LogP contribution in [0.25, 0.3) is 0 Å². The summed E-state index contributed by atoms with van der Waals surface area (Å²) >= 11 is 3.10. The molecule has 6 nitrogen and oxygen atoms in total. The average molecular weight is 385 g/mol. The van der Waals surface area contributed by atoms with Crippen LogP contribution in [0.3, 0.4) is 0 Å². The Morgan fingerprint density at radius 3 is 2.75 bits per heavy atom. The summed E-state index contributed by atoms with van der Waals surface area (Å²) in [4.78, 5) is -0.613. The molecule has 20 heavy (non-hydrogen) atoms. The molecule has 2 rings (SSSR count). The van der Waals surface area contributed by atoms with Gasteiger partial charge in [0.15, 0.2) is 0 Å². The minimum Gasteiger partial charge on any atom is -0.486 e. The highest BCUT2D eigenvalue weighted by Gasteiger charge is 2.19. The first kappa shape index (κ1) is 15.2. The first-order chi connectivity index (χ1) is 9.27. The van der Waals surface area contributed by atoms with Gasteiger partial charge in [-0.3, -0.25) is 4.68 Å². The Labute approximate surface area is 127 Å². The quantitative estimate of drug-likeness (QED) is 0.756. The topological polar surface area (TPSA) is 74.1 Å². The van der Waals surface area contributed by atoms with Crippen LogP contribution in [-0.4, -0.2) is 23.4 Å². The Balaban J connectivity index is 2.23. The molecule has 0 aliphatic rings. The number of hydrogen-bond acceptors (Lipinski definition) is 5. The minimum atomic E-state index is -4.15. The summed E-state index contributed by atoms with van der Waals surface area (Å²) in [6.07, 6.45) is 1.64. The average Bonchev–Trinajstić information content (AvgIpc) is 2.74. The van der Waals surface area contributed by atoms with Crippen LogP contribution >= 0.6 is 26.6 Å². The van der Waals surface area contributed by atoms with Gasteiger partial charge >= 0.3 is 0 Å². The molecule has 0 radical (unpaired) electrons. The summed E-state index contributed by atoms with van der Waals surface area (Å²) in [7, 11) is 2.66. The lowest BCUT2D eigenvalue weighted by Crippen LogP contribution is -2.00. The van der Waals surface area contributed by atoms with Gasteiger partial charge in [0.2, 0.25) is 0 Å². The third-order valence-electron chi connectivity index (χ3n) is 2.27. The number of aryl methyl sites for hydroxylation is 1. The van der Waals surface area contributed by atoms with Crippen LogP contribution in [0.15, 0.2) is 27.7 Å². The van der Waals surface area contributed by atoms with E-state index >= 15 is 0 Å². The number of rotatable bonds is 4. The Kier molecular flexibility index (Phi) is 4.31. The highest BCUT2D eigenvalue weighted by atomic mass is 79.9. The second-order valence-electron chi connectivity index (χ2n) is 3.82. The number of nitrogens with zero attached hydrogens (tertiary/aromatic N) is 3. The molecule has 0 spiro atoms. The normalized spacial score (nSPS) is 11.6. The van der Waals surface area contributed by atoms with E-state index in [1.54, 1.807) is 13.2 Å². The van der Waals surface area contributed by atoms with Gasteiger partial charge in [0.25, 0.3) is 9.05 Å². The van der Waals surface area contributed by atoms with Gasteiger partial charge in [-0.25, -0.2) is 12.8 Å². The minimum absolute atomic E-state index is 0.0683. The van der Waals surface area contributed by atoms with Gasteiger partial charge in [-0.05, 0) is 22.0 Å². The maximum absolute atomic E-state index is 13.7. The summed E-state index contributed by atoms with van der Waals surface area (Å²) in [5.74, 6) is -0.852. The van der Waals surface area contributed by atoms with Crippen molar-refractivity contribution in [1.29, 1.82) is 0 Å². The second-order valence-corrected chi connectivity index (χ2v) is 7.21. The number of aromatic nitrogens is 3. The van der Waals surface area contributed by atoms with E-state index in [-0.39, 0.29) is 16.8 Å². The Bertz CT molecular complexity index is 750. The van der Waals surface area contributed by atoms with Gasteiger partial charge in [-0.1, -0.05) is 5.21 Å². The van der Waals surface area contributed by atoms with Crippen molar-refractivity contribution in [1.82, 2.24) is 15.0 Å². The standard InChI is InChI=1S/C10H8BrClFN3O3S/c1-16-4-6(14-15-16)5-19-9-3-8(13)10(2-7(9)11)20(12,17)18/h2-4H,5H2,1H3. The summed E-state index contributed by atoms with van der Waals surface area (Å²) in [6.45, 7) is 0.0683. The molecule has 0 atom stereocenters. The van der Waals surface area contributed by atoms with Crippen LogP contribution in [0.2, 0.25) is 0 Å². The molecule has 0 N–H and O–H groups in total. The molecule has 0 unspecified atom stereocenters. The number of halogens is 3. The van der Waals surface area contributed by atoms with Crippen LogP contribution in [0.4, 0.5) is 4.39 Å². The zero-order valence-corrected chi connectivity index (χ0v) is 13.2. The largest absolute Gasteiger partial charge is 0.486 e. The van der Waals surface area contributed by atoms with Crippen molar-refractivity contribution >= 4 is 35.7 Å². The highest BCUT2D eigenvalue weighted by Crippen LogP contribution is 2.32. The van der Waals surface area contributed by atoms with Gasteiger partial charge in [0, 0.05) is 23.8 Å². The van der Waals surface area contributed by atoms with Crippen molar-refractivity contribution in [2.24, 2.45) is 7.05 Å². The van der Waals surface area contributed by atoms with Crippen molar-refractivity contribution < 1.29 is 17.5 Å². The highest BCUT2D eigenvalue weighted by molar-refractivity contribution is 9.10. The monoisotopic (exact) mass is 383 g/mol. The van der Waals surface area contributed by atoms with E-state index in [1.165, 1.54) is 4.68 Å². The molecule has 10 heteroatoms. The Morgan fingerprint density at radius 1 is 1.50 bits per heavy atom. The molecule has 1 heterocycles. The van der Waals surface area contributed by atoms with Gasteiger partial charge in [0.1, 0.15) is 28.8 Å². The van der Waals surface area contributed by atoms with E-state index in [0.717, 1.165) is 12.1 Å². The van der Waals surface area contributed by atoms with Gasteiger partial charge in [-0.2, -0.15) is 0 Å². The van der Waals surface area contributed by atoms with Crippen molar-refractivity contribution in [2.75, 3.05) is 0 Å². The van der Waals surface area contributed by atoms with Gasteiger partial charge < -0.3 is 4.74 Å². The Morgan fingerprint density at radius 2 is 2.20 bits per heavy atom. The first-order valence-electron chi connectivity index (χ1n) is 5.19. The molecule has 1 aromatic carbocycles.